The lowest BCUT2D eigenvalue weighted by Gasteiger charge is -2.27. The molecule has 0 bridgehead atoms. The van der Waals surface area contributed by atoms with E-state index in [2.05, 4.69) is 21.8 Å². The van der Waals surface area contributed by atoms with Crippen molar-refractivity contribution in [1.82, 2.24) is 14.9 Å². The summed E-state index contributed by atoms with van der Waals surface area (Å²) in [5, 5.41) is 3.36. The first kappa shape index (κ1) is 13.5. The first-order valence-corrected chi connectivity index (χ1v) is 6.69. The van der Waals surface area contributed by atoms with Crippen molar-refractivity contribution < 1.29 is 9.47 Å². The van der Waals surface area contributed by atoms with E-state index in [1.54, 1.807) is 7.11 Å². The van der Waals surface area contributed by atoms with E-state index in [9.17, 15) is 0 Å². The number of ether oxygens (including phenoxy) is 2. The predicted molar refractivity (Wildman–Crippen MR) is 69.6 cm³/mol. The Morgan fingerprint density at radius 1 is 1.67 bits per heavy atom. The number of hydrogen-bond acceptors (Lipinski definition) is 4. The quantitative estimate of drug-likeness (QED) is 0.835. The average Bonchev–Trinajstić information content (AvgIpc) is 2.88. The molecule has 5 heteroatoms. The molecule has 2 atom stereocenters. The molecule has 0 saturated carbocycles. The van der Waals surface area contributed by atoms with E-state index in [1.807, 2.05) is 12.5 Å². The molecule has 2 unspecified atom stereocenters. The minimum absolute atomic E-state index is 0.109. The maximum absolute atomic E-state index is 5.81. The summed E-state index contributed by atoms with van der Waals surface area (Å²) >= 11 is 0. The molecule has 2 rings (SSSR count). The van der Waals surface area contributed by atoms with E-state index < -0.39 is 0 Å². The number of morpholine rings is 1. The Hall–Kier alpha value is -0.910. The minimum Gasteiger partial charge on any atom is -0.383 e. The predicted octanol–water partition coefficient (Wildman–Crippen LogP) is 1.53. The second-order valence-corrected chi connectivity index (χ2v) is 4.69. The van der Waals surface area contributed by atoms with Crippen LogP contribution in [-0.4, -0.2) is 43.0 Å². The standard InChI is InChI=1S/C13H23N3O2/c1-3-4-11(9-17-2)16-10-15-7-12(16)13-8-14-5-6-18-13/h7,10-11,13-14H,3-6,8-9H2,1-2H3. The van der Waals surface area contributed by atoms with E-state index in [1.165, 1.54) is 0 Å². The molecule has 18 heavy (non-hydrogen) atoms. The molecule has 5 nitrogen and oxygen atoms in total. The summed E-state index contributed by atoms with van der Waals surface area (Å²) in [7, 11) is 1.75. The normalized spacial score (nSPS) is 22.0. The van der Waals surface area contributed by atoms with Crippen molar-refractivity contribution >= 4 is 0 Å². The molecule has 0 amide bonds. The van der Waals surface area contributed by atoms with Crippen LogP contribution in [-0.2, 0) is 9.47 Å². The molecule has 0 spiro atoms. The van der Waals surface area contributed by atoms with Crippen LogP contribution in [0.3, 0.4) is 0 Å². The third-order valence-electron chi connectivity index (χ3n) is 3.33. The first-order chi connectivity index (χ1) is 8.86. The van der Waals surface area contributed by atoms with E-state index in [0.717, 1.165) is 44.8 Å². The van der Waals surface area contributed by atoms with Crippen molar-refractivity contribution in [2.24, 2.45) is 0 Å². The fourth-order valence-corrected chi connectivity index (χ4v) is 2.45. The van der Waals surface area contributed by atoms with Gasteiger partial charge >= 0.3 is 0 Å². The van der Waals surface area contributed by atoms with Crippen molar-refractivity contribution in [2.45, 2.75) is 31.9 Å². The highest BCUT2D eigenvalue weighted by atomic mass is 16.5. The van der Waals surface area contributed by atoms with Crippen LogP contribution < -0.4 is 5.32 Å². The van der Waals surface area contributed by atoms with Crippen molar-refractivity contribution in [3.8, 4) is 0 Å². The van der Waals surface area contributed by atoms with Crippen LogP contribution in [0.25, 0.3) is 0 Å². The molecule has 1 aromatic heterocycles. The maximum atomic E-state index is 5.81. The molecule has 1 saturated heterocycles. The Labute approximate surface area is 108 Å². The van der Waals surface area contributed by atoms with E-state index in [4.69, 9.17) is 9.47 Å². The van der Waals surface area contributed by atoms with Crippen LogP contribution in [0.5, 0.6) is 0 Å². The van der Waals surface area contributed by atoms with Crippen LogP contribution in [0.2, 0.25) is 0 Å². The van der Waals surface area contributed by atoms with Gasteiger partial charge in [0, 0.05) is 20.2 Å². The lowest BCUT2D eigenvalue weighted by Crippen LogP contribution is -2.34. The SMILES string of the molecule is CCCC(COC)n1cncc1C1CNCCO1. The van der Waals surface area contributed by atoms with Gasteiger partial charge in [0.05, 0.1) is 37.5 Å². The average molecular weight is 253 g/mol. The van der Waals surface area contributed by atoms with Gasteiger partial charge < -0.3 is 19.4 Å². The molecule has 2 heterocycles. The molecular formula is C13H23N3O2. The number of nitrogens with zero attached hydrogens (tertiary/aromatic N) is 2. The Morgan fingerprint density at radius 3 is 3.22 bits per heavy atom. The molecule has 0 radical (unpaired) electrons. The van der Waals surface area contributed by atoms with Crippen molar-refractivity contribution in [3.63, 3.8) is 0 Å². The zero-order chi connectivity index (χ0) is 12.8. The van der Waals surface area contributed by atoms with Gasteiger partial charge in [-0.15, -0.1) is 0 Å². The summed E-state index contributed by atoms with van der Waals surface area (Å²) in [5.74, 6) is 0. The molecule has 1 N–H and O–H groups in total. The van der Waals surface area contributed by atoms with Gasteiger partial charge in [-0.25, -0.2) is 4.98 Å². The number of aromatic nitrogens is 2. The maximum Gasteiger partial charge on any atom is 0.111 e. The third kappa shape index (κ3) is 3.10. The van der Waals surface area contributed by atoms with Gasteiger partial charge in [0.25, 0.3) is 0 Å². The summed E-state index contributed by atoms with van der Waals surface area (Å²) < 4.78 is 13.3. The summed E-state index contributed by atoms with van der Waals surface area (Å²) in [6.07, 6.45) is 6.15. The van der Waals surface area contributed by atoms with E-state index in [0.29, 0.717) is 6.04 Å². The number of nitrogens with one attached hydrogen (secondary N) is 1. The largest absolute Gasteiger partial charge is 0.383 e. The topological polar surface area (TPSA) is 48.3 Å². The Balaban J connectivity index is 2.13. The lowest BCUT2D eigenvalue weighted by molar-refractivity contribution is 0.0204. The summed E-state index contributed by atoms with van der Waals surface area (Å²) in [6.45, 7) is 5.46. The number of methoxy groups -OCH3 is 1. The lowest BCUT2D eigenvalue weighted by atomic mass is 10.1. The van der Waals surface area contributed by atoms with Gasteiger partial charge in [-0.2, -0.15) is 0 Å². The fraction of sp³-hybridized carbons (Fsp3) is 0.769. The molecule has 1 fully saturated rings. The zero-order valence-electron chi connectivity index (χ0n) is 11.3. The Kier molecular flexibility index (Phi) is 5.16. The highest BCUT2D eigenvalue weighted by Gasteiger charge is 2.22. The van der Waals surface area contributed by atoms with Gasteiger partial charge in [-0.05, 0) is 6.42 Å². The number of hydrogen-bond donors (Lipinski definition) is 1. The van der Waals surface area contributed by atoms with Crippen molar-refractivity contribution in [2.75, 3.05) is 33.4 Å². The number of imidazole rings is 1. The zero-order valence-corrected chi connectivity index (χ0v) is 11.3. The summed E-state index contributed by atoms with van der Waals surface area (Å²) in [4.78, 5) is 4.28. The second-order valence-electron chi connectivity index (χ2n) is 4.69. The van der Waals surface area contributed by atoms with Crippen LogP contribution in [0.1, 0.15) is 37.6 Å². The van der Waals surface area contributed by atoms with Crippen LogP contribution in [0.4, 0.5) is 0 Å². The van der Waals surface area contributed by atoms with Gasteiger partial charge in [0.2, 0.25) is 0 Å². The van der Waals surface area contributed by atoms with Crippen molar-refractivity contribution in [3.05, 3.63) is 18.2 Å². The van der Waals surface area contributed by atoms with Gasteiger partial charge in [0.15, 0.2) is 0 Å². The van der Waals surface area contributed by atoms with Crippen LogP contribution in [0, 0.1) is 0 Å². The smallest absolute Gasteiger partial charge is 0.111 e. The van der Waals surface area contributed by atoms with E-state index >= 15 is 0 Å². The highest BCUT2D eigenvalue weighted by Crippen LogP contribution is 2.24. The monoisotopic (exact) mass is 253 g/mol. The van der Waals surface area contributed by atoms with Crippen LogP contribution in [0.15, 0.2) is 12.5 Å². The van der Waals surface area contributed by atoms with Gasteiger partial charge in [-0.1, -0.05) is 13.3 Å². The van der Waals surface area contributed by atoms with Gasteiger partial charge in [0.1, 0.15) is 6.10 Å². The molecule has 1 aliphatic rings. The minimum atomic E-state index is 0.109. The van der Waals surface area contributed by atoms with E-state index in [-0.39, 0.29) is 6.10 Å². The number of rotatable bonds is 6. The second kappa shape index (κ2) is 6.87. The molecule has 102 valence electrons. The molecule has 1 aromatic rings. The molecule has 0 aliphatic carbocycles. The summed E-state index contributed by atoms with van der Waals surface area (Å²) in [5.41, 5.74) is 1.15. The molecular weight excluding hydrogens is 230 g/mol. The summed E-state index contributed by atoms with van der Waals surface area (Å²) in [6, 6.07) is 0.350. The van der Waals surface area contributed by atoms with Crippen LogP contribution >= 0.6 is 0 Å². The van der Waals surface area contributed by atoms with Gasteiger partial charge in [-0.3, -0.25) is 0 Å². The Morgan fingerprint density at radius 2 is 2.56 bits per heavy atom. The van der Waals surface area contributed by atoms with Crippen molar-refractivity contribution in [1.29, 1.82) is 0 Å². The highest BCUT2D eigenvalue weighted by molar-refractivity contribution is 5.06. The third-order valence-corrected chi connectivity index (χ3v) is 3.33. The first-order valence-electron chi connectivity index (χ1n) is 6.69. The Bertz CT molecular complexity index is 342. The molecule has 0 aromatic carbocycles. The fourth-order valence-electron chi connectivity index (χ4n) is 2.45. The molecule has 1 aliphatic heterocycles.